The lowest BCUT2D eigenvalue weighted by Gasteiger charge is -2.13. The van der Waals surface area contributed by atoms with Gasteiger partial charge in [0.25, 0.3) is 0 Å². The second kappa shape index (κ2) is 9.79. The van der Waals surface area contributed by atoms with Gasteiger partial charge in [0.2, 0.25) is 0 Å². The number of hydrogen-bond donors (Lipinski definition) is 0. The van der Waals surface area contributed by atoms with Crippen LogP contribution in [0.1, 0.15) is 0 Å². The van der Waals surface area contributed by atoms with Crippen molar-refractivity contribution in [2.24, 2.45) is 0 Å². The van der Waals surface area contributed by atoms with Crippen LogP contribution in [-0.4, -0.2) is 19.9 Å². The number of rotatable bonds is 3. The Morgan fingerprint density at radius 1 is 0.341 bits per heavy atom. The molecule has 7 aromatic carbocycles. The van der Waals surface area contributed by atoms with Gasteiger partial charge in [-0.05, 0) is 84.9 Å². The number of pyridine rings is 1. The first-order valence-electron chi connectivity index (χ1n) is 14.7. The Kier molecular flexibility index (Phi) is 5.47. The van der Waals surface area contributed by atoms with Crippen LogP contribution in [-0.2, 0) is 0 Å². The van der Waals surface area contributed by atoms with E-state index in [0.717, 1.165) is 49.0 Å². The van der Waals surface area contributed by atoms with E-state index in [1.54, 1.807) is 0 Å². The van der Waals surface area contributed by atoms with Gasteiger partial charge in [-0.15, -0.1) is 0 Å². The number of nitrogens with zero attached hydrogens (tertiary/aromatic N) is 4. The van der Waals surface area contributed by atoms with Crippen LogP contribution in [0, 0.1) is 0 Å². The molecule has 0 aliphatic heterocycles. The smallest absolute Gasteiger partial charge is 0.164 e. The van der Waals surface area contributed by atoms with Gasteiger partial charge in [0.05, 0.1) is 0 Å². The minimum atomic E-state index is 0.638. The lowest BCUT2D eigenvalue weighted by molar-refractivity contribution is 1.08. The Hall–Kier alpha value is -6.00. The van der Waals surface area contributed by atoms with Gasteiger partial charge in [-0.2, -0.15) is 0 Å². The molecule has 4 heteroatoms. The van der Waals surface area contributed by atoms with E-state index in [4.69, 9.17) is 15.0 Å². The Labute approximate surface area is 253 Å². The van der Waals surface area contributed by atoms with Gasteiger partial charge in [-0.25, -0.2) is 15.0 Å². The zero-order chi connectivity index (χ0) is 29.0. The molecule has 0 atom stereocenters. The summed E-state index contributed by atoms with van der Waals surface area (Å²) >= 11 is 0. The molecule has 0 aliphatic rings. The molecule has 0 saturated carbocycles. The molecule has 0 unspecified atom stereocenters. The van der Waals surface area contributed by atoms with E-state index in [1.165, 1.54) is 21.5 Å². The van der Waals surface area contributed by atoms with Crippen molar-refractivity contribution >= 4 is 53.9 Å². The fourth-order valence-corrected chi connectivity index (χ4v) is 6.29. The average Bonchev–Trinajstić information content (AvgIpc) is 3.09. The van der Waals surface area contributed by atoms with Crippen LogP contribution >= 0.6 is 0 Å². The van der Waals surface area contributed by atoms with E-state index in [0.29, 0.717) is 17.5 Å². The van der Waals surface area contributed by atoms with E-state index in [1.807, 2.05) is 18.5 Å². The highest BCUT2D eigenvalue weighted by atomic mass is 15.0. The first-order valence-corrected chi connectivity index (χ1v) is 14.7. The minimum absolute atomic E-state index is 0.638. The zero-order valence-electron chi connectivity index (χ0n) is 23.6. The summed E-state index contributed by atoms with van der Waals surface area (Å²) in [5.41, 5.74) is 2.90. The second-order valence-electron chi connectivity index (χ2n) is 11.2. The van der Waals surface area contributed by atoms with Crippen molar-refractivity contribution in [3.8, 4) is 34.2 Å². The first kappa shape index (κ1) is 24.6. The predicted molar refractivity (Wildman–Crippen MR) is 181 cm³/mol. The summed E-state index contributed by atoms with van der Waals surface area (Å²) in [6.45, 7) is 0. The van der Waals surface area contributed by atoms with Gasteiger partial charge < -0.3 is 0 Å². The number of benzene rings is 7. The molecular formula is C40H24N4. The summed E-state index contributed by atoms with van der Waals surface area (Å²) in [7, 11) is 0. The molecule has 0 amide bonds. The fourth-order valence-electron chi connectivity index (χ4n) is 6.29. The van der Waals surface area contributed by atoms with Gasteiger partial charge in [-0.1, -0.05) is 97.1 Å². The predicted octanol–water partition coefficient (Wildman–Crippen LogP) is 10.0. The normalized spacial score (nSPS) is 11.6. The van der Waals surface area contributed by atoms with Crippen molar-refractivity contribution in [1.29, 1.82) is 0 Å². The molecule has 4 nitrogen and oxygen atoms in total. The van der Waals surface area contributed by atoms with Crippen LogP contribution in [0.2, 0.25) is 0 Å². The van der Waals surface area contributed by atoms with Crippen molar-refractivity contribution in [3.63, 3.8) is 0 Å². The Bertz CT molecular complexity index is 2430. The van der Waals surface area contributed by atoms with Crippen molar-refractivity contribution in [1.82, 2.24) is 19.9 Å². The third-order valence-corrected chi connectivity index (χ3v) is 8.51. The van der Waals surface area contributed by atoms with Gasteiger partial charge in [0.15, 0.2) is 17.5 Å². The number of fused-ring (bicyclic) bond motifs is 5. The first-order chi connectivity index (χ1) is 21.8. The van der Waals surface area contributed by atoms with Crippen molar-refractivity contribution < 1.29 is 0 Å². The van der Waals surface area contributed by atoms with Crippen LogP contribution in [0.5, 0.6) is 0 Å². The van der Waals surface area contributed by atoms with Crippen LogP contribution in [0.25, 0.3) is 88.0 Å². The molecule has 0 radical (unpaired) electrons. The summed E-state index contributed by atoms with van der Waals surface area (Å²) in [5.74, 6) is 1.94. The summed E-state index contributed by atoms with van der Waals surface area (Å²) < 4.78 is 0. The molecule has 0 aliphatic carbocycles. The molecule has 0 saturated heterocycles. The van der Waals surface area contributed by atoms with E-state index in [2.05, 4.69) is 132 Å². The topological polar surface area (TPSA) is 51.6 Å². The van der Waals surface area contributed by atoms with E-state index in [-0.39, 0.29) is 0 Å². The molecule has 204 valence electrons. The largest absolute Gasteiger partial charge is 0.264 e. The van der Waals surface area contributed by atoms with Crippen LogP contribution in [0.15, 0.2) is 146 Å². The molecular weight excluding hydrogens is 536 g/mol. The second-order valence-corrected chi connectivity index (χ2v) is 11.2. The molecule has 2 aromatic heterocycles. The van der Waals surface area contributed by atoms with Gasteiger partial charge in [0, 0.05) is 34.5 Å². The van der Waals surface area contributed by atoms with Crippen molar-refractivity contribution in [2.75, 3.05) is 0 Å². The summed E-state index contributed by atoms with van der Waals surface area (Å²) in [4.78, 5) is 19.7. The fraction of sp³-hybridized carbons (Fsp3) is 0. The van der Waals surface area contributed by atoms with Gasteiger partial charge in [-0.3, -0.25) is 4.98 Å². The van der Waals surface area contributed by atoms with Crippen LogP contribution < -0.4 is 0 Å². The minimum Gasteiger partial charge on any atom is -0.264 e. The van der Waals surface area contributed by atoms with Crippen molar-refractivity contribution in [2.45, 2.75) is 0 Å². The molecule has 9 rings (SSSR count). The maximum Gasteiger partial charge on any atom is 0.164 e. The molecule has 0 bridgehead atoms. The zero-order valence-corrected chi connectivity index (χ0v) is 23.6. The highest BCUT2D eigenvalue weighted by Crippen LogP contribution is 2.35. The molecule has 2 heterocycles. The van der Waals surface area contributed by atoms with E-state index >= 15 is 0 Å². The highest BCUT2D eigenvalue weighted by Gasteiger charge is 2.17. The van der Waals surface area contributed by atoms with E-state index < -0.39 is 0 Å². The maximum atomic E-state index is 5.19. The highest BCUT2D eigenvalue weighted by molar-refractivity contribution is 6.06. The molecule has 44 heavy (non-hydrogen) atoms. The Morgan fingerprint density at radius 2 is 0.841 bits per heavy atom. The molecule has 0 spiro atoms. The summed E-state index contributed by atoms with van der Waals surface area (Å²) in [5, 5.41) is 11.5. The standard InChI is InChI=1S/C40H24N4/c1-3-9-27-22-36-30(19-25(27)7-1)11-5-13-34(36)39-42-38(32-15-16-33-24-41-18-17-29(33)21-32)43-40(44-39)35-14-6-12-31-20-26-8-2-4-10-28(26)23-37(31)35/h1-24H. The third kappa shape index (κ3) is 4.08. The number of hydrogen-bond acceptors (Lipinski definition) is 4. The quantitative estimate of drug-likeness (QED) is 0.202. The summed E-state index contributed by atoms with van der Waals surface area (Å²) in [6, 6.07) is 46.9. The average molecular weight is 561 g/mol. The Morgan fingerprint density at radius 3 is 1.43 bits per heavy atom. The lowest BCUT2D eigenvalue weighted by Crippen LogP contribution is -2.01. The van der Waals surface area contributed by atoms with E-state index in [9.17, 15) is 0 Å². The van der Waals surface area contributed by atoms with Gasteiger partial charge in [0.1, 0.15) is 0 Å². The summed E-state index contributed by atoms with van der Waals surface area (Å²) in [6.07, 6.45) is 3.70. The SMILES string of the molecule is c1ccc2cc3c(-c4nc(-c5ccc6cnccc6c5)nc(-c5cccc6cc7ccccc7cc56)n4)cccc3cc2c1. The van der Waals surface area contributed by atoms with Crippen LogP contribution in [0.3, 0.4) is 0 Å². The van der Waals surface area contributed by atoms with Gasteiger partial charge >= 0.3 is 0 Å². The molecule has 0 N–H and O–H groups in total. The monoisotopic (exact) mass is 560 g/mol. The molecule has 0 fully saturated rings. The maximum absolute atomic E-state index is 5.19. The van der Waals surface area contributed by atoms with Crippen molar-refractivity contribution in [3.05, 3.63) is 146 Å². The van der Waals surface area contributed by atoms with Crippen LogP contribution in [0.4, 0.5) is 0 Å². The molecule has 9 aromatic rings. The Balaban J connectivity index is 1.33. The third-order valence-electron chi connectivity index (χ3n) is 8.51. The lowest BCUT2D eigenvalue weighted by atomic mass is 9.98. The number of aromatic nitrogens is 4.